The molecular formula is C11H15BrN2O4. The van der Waals surface area contributed by atoms with Crippen LogP contribution in [0.25, 0.3) is 0 Å². The van der Waals surface area contributed by atoms with E-state index in [4.69, 9.17) is 9.84 Å². The number of nitrogens with one attached hydrogen (secondary N) is 1. The Labute approximate surface area is 113 Å². The highest BCUT2D eigenvalue weighted by molar-refractivity contribution is 9.09. The average Bonchev–Trinajstić information content (AvgIpc) is 2.35. The summed E-state index contributed by atoms with van der Waals surface area (Å²) in [5.74, 6) is 0.598. The summed E-state index contributed by atoms with van der Waals surface area (Å²) in [4.78, 5) is 10.5. The minimum atomic E-state index is -0.457. The van der Waals surface area contributed by atoms with Crippen molar-refractivity contribution in [2.75, 3.05) is 30.4 Å². The van der Waals surface area contributed by atoms with E-state index in [1.54, 1.807) is 13.0 Å². The summed E-state index contributed by atoms with van der Waals surface area (Å²) < 4.78 is 5.47. The molecule has 0 aromatic heterocycles. The fourth-order valence-electron chi connectivity index (χ4n) is 1.46. The lowest BCUT2D eigenvalue weighted by molar-refractivity contribution is -0.384. The van der Waals surface area contributed by atoms with Gasteiger partial charge in [-0.3, -0.25) is 10.1 Å². The van der Waals surface area contributed by atoms with Crippen molar-refractivity contribution in [3.05, 3.63) is 27.8 Å². The van der Waals surface area contributed by atoms with E-state index in [1.165, 1.54) is 6.07 Å². The van der Waals surface area contributed by atoms with Crippen molar-refractivity contribution in [3.63, 3.8) is 0 Å². The highest BCUT2D eigenvalue weighted by Crippen LogP contribution is 2.32. The van der Waals surface area contributed by atoms with Crippen LogP contribution in [0, 0.1) is 17.0 Å². The Morgan fingerprint density at radius 2 is 2.28 bits per heavy atom. The first-order chi connectivity index (χ1) is 8.60. The number of aryl methyl sites for hydroxylation is 1. The molecule has 0 aliphatic rings. The van der Waals surface area contributed by atoms with Gasteiger partial charge in [-0.25, -0.2) is 0 Å². The molecule has 6 nitrogen and oxygen atoms in total. The lowest BCUT2D eigenvalue weighted by Gasteiger charge is -2.11. The van der Waals surface area contributed by atoms with Gasteiger partial charge in [0.05, 0.1) is 18.1 Å². The molecule has 0 aliphatic heterocycles. The van der Waals surface area contributed by atoms with E-state index in [-0.39, 0.29) is 18.8 Å². The van der Waals surface area contributed by atoms with E-state index in [1.807, 2.05) is 0 Å². The van der Waals surface area contributed by atoms with Crippen molar-refractivity contribution in [2.45, 2.75) is 6.92 Å². The molecule has 0 radical (unpaired) electrons. The highest BCUT2D eigenvalue weighted by atomic mass is 79.9. The summed E-state index contributed by atoms with van der Waals surface area (Å²) in [6.07, 6.45) is 0. The molecule has 2 N–H and O–H groups in total. The average molecular weight is 319 g/mol. The minimum Gasteiger partial charge on any atom is -0.492 e. The van der Waals surface area contributed by atoms with Crippen LogP contribution in [0.4, 0.5) is 11.4 Å². The van der Waals surface area contributed by atoms with Gasteiger partial charge in [0, 0.05) is 24.0 Å². The zero-order valence-electron chi connectivity index (χ0n) is 9.98. The molecular weight excluding hydrogens is 304 g/mol. The number of alkyl halides is 1. The number of rotatable bonds is 7. The molecule has 7 heteroatoms. The van der Waals surface area contributed by atoms with Gasteiger partial charge in [0.25, 0.3) is 5.69 Å². The van der Waals surface area contributed by atoms with Gasteiger partial charge in [0.1, 0.15) is 11.4 Å². The molecule has 100 valence electrons. The van der Waals surface area contributed by atoms with Crippen LogP contribution in [0.2, 0.25) is 0 Å². The van der Waals surface area contributed by atoms with Crippen molar-refractivity contribution in [3.8, 4) is 5.75 Å². The highest BCUT2D eigenvalue weighted by Gasteiger charge is 2.16. The smallest absolute Gasteiger partial charge is 0.292 e. The standard InChI is InChI=1S/C11H15BrN2O4/c1-8-6-10(14(16)17)9(13-3-4-15)7-11(8)18-5-2-12/h6-7,13,15H,2-5H2,1H3. The number of nitrogens with zero attached hydrogens (tertiary/aromatic N) is 1. The first-order valence-electron chi connectivity index (χ1n) is 5.42. The molecule has 0 unspecified atom stereocenters. The third-order valence-electron chi connectivity index (χ3n) is 2.25. The monoisotopic (exact) mass is 318 g/mol. The van der Waals surface area contributed by atoms with Gasteiger partial charge in [-0.1, -0.05) is 15.9 Å². The van der Waals surface area contributed by atoms with Crippen LogP contribution >= 0.6 is 15.9 Å². The molecule has 0 atom stereocenters. The maximum Gasteiger partial charge on any atom is 0.292 e. The predicted molar refractivity (Wildman–Crippen MR) is 72.7 cm³/mol. The first kappa shape index (κ1) is 14.7. The molecule has 0 bridgehead atoms. The Kier molecular flexibility index (Phi) is 5.87. The normalized spacial score (nSPS) is 10.2. The van der Waals surface area contributed by atoms with Crippen molar-refractivity contribution in [2.24, 2.45) is 0 Å². The molecule has 1 rings (SSSR count). The second kappa shape index (κ2) is 7.17. The molecule has 1 aromatic carbocycles. The third kappa shape index (κ3) is 3.85. The number of aliphatic hydroxyl groups is 1. The molecule has 0 fully saturated rings. The van der Waals surface area contributed by atoms with E-state index in [0.29, 0.717) is 28.9 Å². The number of nitro groups is 1. The van der Waals surface area contributed by atoms with E-state index in [2.05, 4.69) is 21.2 Å². The Balaban J connectivity index is 3.05. The Morgan fingerprint density at radius 3 is 2.83 bits per heavy atom. The second-order valence-corrected chi connectivity index (χ2v) is 4.37. The summed E-state index contributed by atoms with van der Waals surface area (Å²) in [5, 5.41) is 23.2. The van der Waals surface area contributed by atoms with Crippen LogP contribution < -0.4 is 10.1 Å². The van der Waals surface area contributed by atoms with Gasteiger partial charge in [0.2, 0.25) is 0 Å². The predicted octanol–water partition coefficient (Wildman–Crippen LogP) is 2.08. The zero-order chi connectivity index (χ0) is 13.5. The lowest BCUT2D eigenvalue weighted by Crippen LogP contribution is -2.09. The van der Waals surface area contributed by atoms with E-state index in [0.717, 1.165) is 0 Å². The number of hydrogen-bond donors (Lipinski definition) is 2. The van der Waals surface area contributed by atoms with E-state index >= 15 is 0 Å². The van der Waals surface area contributed by atoms with Crippen LogP contribution in [-0.4, -0.2) is 35.1 Å². The quantitative estimate of drug-likeness (QED) is 0.457. The van der Waals surface area contributed by atoms with Crippen molar-refractivity contribution in [1.82, 2.24) is 0 Å². The van der Waals surface area contributed by atoms with Crippen LogP contribution in [0.15, 0.2) is 12.1 Å². The summed E-state index contributed by atoms with van der Waals surface area (Å²) >= 11 is 3.25. The summed E-state index contributed by atoms with van der Waals surface area (Å²) in [6, 6.07) is 3.05. The number of ether oxygens (including phenoxy) is 1. The molecule has 0 aliphatic carbocycles. The van der Waals surface area contributed by atoms with Crippen molar-refractivity contribution >= 4 is 27.3 Å². The SMILES string of the molecule is Cc1cc([N+](=O)[O-])c(NCCO)cc1OCCBr. The van der Waals surface area contributed by atoms with Gasteiger partial charge in [0.15, 0.2) is 0 Å². The summed E-state index contributed by atoms with van der Waals surface area (Å²) in [7, 11) is 0. The first-order valence-corrected chi connectivity index (χ1v) is 6.54. The molecule has 0 amide bonds. The number of aliphatic hydroxyl groups excluding tert-OH is 1. The summed E-state index contributed by atoms with van der Waals surface area (Å²) in [6.45, 7) is 2.40. The van der Waals surface area contributed by atoms with Gasteiger partial charge < -0.3 is 15.2 Å². The van der Waals surface area contributed by atoms with Crippen molar-refractivity contribution < 1.29 is 14.8 Å². The van der Waals surface area contributed by atoms with Gasteiger partial charge >= 0.3 is 0 Å². The molecule has 0 heterocycles. The van der Waals surface area contributed by atoms with Crippen LogP contribution in [0.5, 0.6) is 5.75 Å². The molecule has 18 heavy (non-hydrogen) atoms. The Hall–Kier alpha value is -1.34. The number of halogens is 1. The number of anilines is 1. The Bertz CT molecular complexity index is 426. The third-order valence-corrected chi connectivity index (χ3v) is 2.58. The zero-order valence-corrected chi connectivity index (χ0v) is 11.6. The van der Waals surface area contributed by atoms with E-state index < -0.39 is 4.92 Å². The second-order valence-electron chi connectivity index (χ2n) is 3.58. The van der Waals surface area contributed by atoms with Crippen LogP contribution in [-0.2, 0) is 0 Å². The minimum absolute atomic E-state index is 0.0212. The molecule has 1 aromatic rings. The topological polar surface area (TPSA) is 84.6 Å². The Morgan fingerprint density at radius 1 is 1.56 bits per heavy atom. The lowest BCUT2D eigenvalue weighted by atomic mass is 10.1. The molecule has 0 saturated heterocycles. The van der Waals surface area contributed by atoms with Crippen LogP contribution in [0.3, 0.4) is 0 Å². The van der Waals surface area contributed by atoms with Gasteiger partial charge in [-0.05, 0) is 12.5 Å². The largest absolute Gasteiger partial charge is 0.492 e. The number of nitro benzene ring substituents is 1. The van der Waals surface area contributed by atoms with Crippen LogP contribution in [0.1, 0.15) is 5.56 Å². The number of hydrogen-bond acceptors (Lipinski definition) is 5. The molecule has 0 spiro atoms. The maximum absolute atomic E-state index is 10.9. The van der Waals surface area contributed by atoms with Gasteiger partial charge in [-0.15, -0.1) is 0 Å². The van der Waals surface area contributed by atoms with Crippen molar-refractivity contribution in [1.29, 1.82) is 0 Å². The van der Waals surface area contributed by atoms with E-state index in [9.17, 15) is 10.1 Å². The van der Waals surface area contributed by atoms with Gasteiger partial charge in [-0.2, -0.15) is 0 Å². The number of benzene rings is 1. The summed E-state index contributed by atoms with van der Waals surface area (Å²) in [5.41, 5.74) is 1.04. The fraction of sp³-hybridized carbons (Fsp3) is 0.455. The fourth-order valence-corrected chi connectivity index (χ4v) is 1.62. The molecule has 0 saturated carbocycles. The maximum atomic E-state index is 10.9.